The topological polar surface area (TPSA) is 35.0 Å². The van der Waals surface area contributed by atoms with E-state index in [0.29, 0.717) is 5.88 Å². The third-order valence-electron chi connectivity index (χ3n) is 2.32. The van der Waals surface area contributed by atoms with Crippen LogP contribution >= 0.6 is 11.3 Å². The zero-order valence-corrected chi connectivity index (χ0v) is 9.75. The van der Waals surface area contributed by atoms with Gasteiger partial charge in [-0.2, -0.15) is 0 Å². The van der Waals surface area contributed by atoms with E-state index in [1.165, 1.54) is 23.7 Å². The molecule has 0 saturated heterocycles. The van der Waals surface area contributed by atoms with Crippen molar-refractivity contribution in [2.24, 2.45) is 0 Å². The predicted molar refractivity (Wildman–Crippen MR) is 63.8 cm³/mol. The second-order valence-corrected chi connectivity index (χ2v) is 4.41. The Morgan fingerprint density at radius 1 is 1.06 bits per heavy atom. The fraction of sp³-hybridized carbons (Fsp3) is 0. The van der Waals surface area contributed by atoms with Crippen LogP contribution in [0.3, 0.4) is 0 Å². The minimum Gasteiger partial charge on any atom is -0.437 e. The number of fused-ring (bicyclic) bond motifs is 1. The lowest BCUT2D eigenvalue weighted by Crippen LogP contribution is -1.91. The minimum atomic E-state index is -0.955. The molecule has 0 saturated carbocycles. The van der Waals surface area contributed by atoms with Gasteiger partial charge in [0.15, 0.2) is 11.6 Å². The molecule has 0 aliphatic heterocycles. The van der Waals surface area contributed by atoms with E-state index in [2.05, 4.69) is 9.97 Å². The van der Waals surface area contributed by atoms with E-state index < -0.39 is 11.6 Å². The molecule has 0 fully saturated rings. The fourth-order valence-electron chi connectivity index (χ4n) is 1.49. The Balaban J connectivity index is 2.01. The highest BCUT2D eigenvalue weighted by Gasteiger charge is 2.09. The Morgan fingerprint density at radius 3 is 2.78 bits per heavy atom. The van der Waals surface area contributed by atoms with Gasteiger partial charge in [0.25, 0.3) is 0 Å². The van der Waals surface area contributed by atoms with Crippen LogP contribution in [0.5, 0.6) is 11.6 Å². The van der Waals surface area contributed by atoms with Crippen molar-refractivity contribution >= 4 is 21.6 Å². The number of ether oxygens (including phenoxy) is 1. The van der Waals surface area contributed by atoms with Gasteiger partial charge in [-0.1, -0.05) is 0 Å². The van der Waals surface area contributed by atoms with Crippen LogP contribution in [0.1, 0.15) is 0 Å². The second kappa shape index (κ2) is 4.30. The van der Waals surface area contributed by atoms with Gasteiger partial charge >= 0.3 is 0 Å². The second-order valence-electron chi connectivity index (χ2n) is 3.49. The molecule has 0 bridgehead atoms. The molecule has 0 atom stereocenters. The monoisotopic (exact) mass is 264 g/mol. The van der Waals surface area contributed by atoms with Crippen molar-refractivity contribution in [1.29, 1.82) is 0 Å². The average Bonchev–Trinajstić information content (AvgIpc) is 2.83. The van der Waals surface area contributed by atoms with Gasteiger partial charge in [-0.15, -0.1) is 11.3 Å². The smallest absolute Gasteiger partial charge is 0.240 e. The molecule has 90 valence electrons. The number of hydrogen-bond donors (Lipinski definition) is 0. The molecule has 3 nitrogen and oxygen atoms in total. The average molecular weight is 264 g/mol. The third-order valence-corrected chi connectivity index (χ3v) is 3.21. The summed E-state index contributed by atoms with van der Waals surface area (Å²) in [5.74, 6) is -1.33. The van der Waals surface area contributed by atoms with Crippen molar-refractivity contribution in [1.82, 2.24) is 9.97 Å². The number of halogens is 2. The summed E-state index contributed by atoms with van der Waals surface area (Å²) < 4.78 is 32.0. The van der Waals surface area contributed by atoms with Crippen LogP contribution in [0.2, 0.25) is 0 Å². The summed E-state index contributed by atoms with van der Waals surface area (Å²) in [7, 11) is 0. The Hall–Kier alpha value is -2.08. The molecule has 2 heterocycles. The Labute approximate surface area is 105 Å². The number of aromatic nitrogens is 2. The summed E-state index contributed by atoms with van der Waals surface area (Å²) in [6, 6.07) is 5.17. The first-order chi connectivity index (χ1) is 8.74. The molecule has 2 aromatic heterocycles. The van der Waals surface area contributed by atoms with Gasteiger partial charge in [-0.3, -0.25) is 0 Å². The summed E-state index contributed by atoms with van der Waals surface area (Å²) in [5.41, 5.74) is 0.757. The quantitative estimate of drug-likeness (QED) is 0.706. The largest absolute Gasteiger partial charge is 0.437 e. The molecule has 0 amide bonds. The van der Waals surface area contributed by atoms with Gasteiger partial charge in [0, 0.05) is 6.07 Å². The Morgan fingerprint density at radius 2 is 1.94 bits per heavy atom. The van der Waals surface area contributed by atoms with Crippen LogP contribution in [-0.4, -0.2) is 9.97 Å². The van der Waals surface area contributed by atoms with Crippen molar-refractivity contribution in [3.63, 3.8) is 0 Å². The van der Waals surface area contributed by atoms with Crippen LogP contribution in [0.25, 0.3) is 10.2 Å². The lowest BCUT2D eigenvalue weighted by Gasteiger charge is -2.05. The van der Waals surface area contributed by atoms with Crippen LogP contribution < -0.4 is 4.74 Å². The first-order valence-corrected chi connectivity index (χ1v) is 5.93. The van der Waals surface area contributed by atoms with E-state index in [1.54, 1.807) is 0 Å². The molecule has 6 heteroatoms. The standard InChI is InChI=1S/C12H6F2N2OS/c13-8-2-1-7(5-9(8)14)17-12-11-10(3-4-18-11)15-6-16-12/h1-6H. The number of rotatable bonds is 2. The van der Waals surface area contributed by atoms with Crippen LogP contribution in [-0.2, 0) is 0 Å². The van der Waals surface area contributed by atoms with E-state index in [0.717, 1.165) is 22.3 Å². The lowest BCUT2D eigenvalue weighted by molar-refractivity contribution is 0.452. The Kier molecular flexibility index (Phi) is 2.64. The summed E-state index contributed by atoms with van der Waals surface area (Å²) in [5, 5.41) is 1.86. The number of nitrogens with zero attached hydrogens (tertiary/aromatic N) is 2. The normalized spacial score (nSPS) is 10.8. The molecule has 0 aliphatic carbocycles. The summed E-state index contributed by atoms with van der Waals surface area (Å²) in [6.07, 6.45) is 1.37. The third kappa shape index (κ3) is 1.91. The van der Waals surface area contributed by atoms with E-state index in [1.807, 2.05) is 11.4 Å². The van der Waals surface area contributed by atoms with Gasteiger partial charge in [0.05, 0.1) is 5.52 Å². The van der Waals surface area contributed by atoms with E-state index in [9.17, 15) is 8.78 Å². The molecule has 3 rings (SSSR count). The molecular formula is C12H6F2N2OS. The molecular weight excluding hydrogens is 258 g/mol. The van der Waals surface area contributed by atoms with E-state index >= 15 is 0 Å². The highest BCUT2D eigenvalue weighted by molar-refractivity contribution is 7.17. The summed E-state index contributed by atoms with van der Waals surface area (Å²) in [6.45, 7) is 0. The molecule has 1 aromatic carbocycles. The maximum atomic E-state index is 13.1. The maximum Gasteiger partial charge on any atom is 0.240 e. The molecule has 18 heavy (non-hydrogen) atoms. The number of thiophene rings is 1. The molecule has 0 spiro atoms. The molecule has 0 unspecified atom stereocenters. The minimum absolute atomic E-state index is 0.197. The highest BCUT2D eigenvalue weighted by atomic mass is 32.1. The fourth-order valence-corrected chi connectivity index (χ4v) is 2.26. The van der Waals surface area contributed by atoms with Crippen molar-refractivity contribution < 1.29 is 13.5 Å². The van der Waals surface area contributed by atoms with Gasteiger partial charge in [-0.25, -0.2) is 18.7 Å². The number of hydrogen-bond acceptors (Lipinski definition) is 4. The van der Waals surface area contributed by atoms with Crippen molar-refractivity contribution in [3.8, 4) is 11.6 Å². The zero-order valence-electron chi connectivity index (χ0n) is 8.93. The zero-order chi connectivity index (χ0) is 12.5. The summed E-state index contributed by atoms with van der Waals surface area (Å²) >= 11 is 1.42. The van der Waals surface area contributed by atoms with Gasteiger partial charge < -0.3 is 4.74 Å². The lowest BCUT2D eigenvalue weighted by atomic mass is 10.3. The maximum absolute atomic E-state index is 13.1. The van der Waals surface area contributed by atoms with Crippen molar-refractivity contribution in [2.75, 3.05) is 0 Å². The van der Waals surface area contributed by atoms with Crippen LogP contribution in [0.4, 0.5) is 8.78 Å². The van der Waals surface area contributed by atoms with E-state index in [4.69, 9.17) is 4.74 Å². The van der Waals surface area contributed by atoms with Gasteiger partial charge in [-0.05, 0) is 23.6 Å². The number of benzene rings is 1. The molecule has 3 aromatic rings. The first kappa shape index (κ1) is 11.0. The molecule has 0 N–H and O–H groups in total. The molecule has 0 aliphatic rings. The van der Waals surface area contributed by atoms with Gasteiger partial charge in [0.2, 0.25) is 5.88 Å². The van der Waals surface area contributed by atoms with E-state index in [-0.39, 0.29) is 5.75 Å². The van der Waals surface area contributed by atoms with Crippen LogP contribution in [0.15, 0.2) is 36.0 Å². The predicted octanol–water partition coefficient (Wildman–Crippen LogP) is 3.76. The Bertz CT molecular complexity index is 714. The van der Waals surface area contributed by atoms with Gasteiger partial charge in [0.1, 0.15) is 16.8 Å². The SMILES string of the molecule is Fc1ccc(Oc2ncnc3ccsc23)cc1F. The van der Waals surface area contributed by atoms with Crippen molar-refractivity contribution in [3.05, 3.63) is 47.6 Å². The molecule has 0 radical (unpaired) electrons. The highest BCUT2D eigenvalue weighted by Crippen LogP contribution is 2.30. The van der Waals surface area contributed by atoms with Crippen LogP contribution in [0, 0.1) is 11.6 Å². The first-order valence-electron chi connectivity index (χ1n) is 5.05. The van der Waals surface area contributed by atoms with Crippen molar-refractivity contribution in [2.45, 2.75) is 0 Å². The summed E-state index contributed by atoms with van der Waals surface area (Å²) in [4.78, 5) is 8.05.